The van der Waals surface area contributed by atoms with Crippen molar-refractivity contribution < 1.29 is 5.11 Å². The molecule has 1 aliphatic heterocycles. The smallest absolute Gasteiger partial charge is 0.196 e. The lowest BCUT2D eigenvalue weighted by molar-refractivity contribution is 0.277. The number of aryl methyl sites for hydroxylation is 1. The van der Waals surface area contributed by atoms with Crippen molar-refractivity contribution in [2.24, 2.45) is 10.9 Å². The Kier molecular flexibility index (Phi) is 13.2. The number of hydrogen-bond donors (Lipinski definition) is 1. The van der Waals surface area contributed by atoms with Crippen LogP contribution in [0.4, 0.5) is 0 Å². The van der Waals surface area contributed by atoms with Crippen LogP contribution in [0.15, 0.2) is 45.4 Å². The van der Waals surface area contributed by atoms with E-state index in [1.165, 1.54) is 12.0 Å². The molecule has 216 valence electrons. The highest BCUT2D eigenvalue weighted by Gasteiger charge is 2.26. The van der Waals surface area contributed by atoms with E-state index in [1.54, 1.807) is 6.21 Å². The van der Waals surface area contributed by atoms with Gasteiger partial charge in [-0.3, -0.25) is 4.79 Å². The predicted octanol–water partition coefficient (Wildman–Crippen LogP) is 7.92. The Bertz CT molecular complexity index is 1190. The van der Waals surface area contributed by atoms with Gasteiger partial charge in [-0.2, -0.15) is 0 Å². The van der Waals surface area contributed by atoms with Gasteiger partial charge in [-0.25, -0.2) is 4.99 Å². The minimum absolute atomic E-state index is 0.0814. The van der Waals surface area contributed by atoms with Gasteiger partial charge in [0.05, 0.1) is 12.2 Å². The van der Waals surface area contributed by atoms with E-state index in [2.05, 4.69) is 70.1 Å². The molecule has 39 heavy (non-hydrogen) atoms. The van der Waals surface area contributed by atoms with Gasteiger partial charge in [0.25, 0.3) is 0 Å². The van der Waals surface area contributed by atoms with E-state index in [4.69, 9.17) is 4.99 Å². The summed E-state index contributed by atoms with van der Waals surface area (Å²) in [5.74, 6) is 1.83. The third kappa shape index (κ3) is 7.72. The Morgan fingerprint density at radius 2 is 1.74 bits per heavy atom. The van der Waals surface area contributed by atoms with Gasteiger partial charge in [0.15, 0.2) is 5.43 Å². The van der Waals surface area contributed by atoms with Crippen molar-refractivity contribution in [3.05, 3.63) is 74.0 Å². The Morgan fingerprint density at radius 1 is 1.05 bits per heavy atom. The van der Waals surface area contributed by atoms with E-state index in [1.807, 2.05) is 26.0 Å². The van der Waals surface area contributed by atoms with E-state index >= 15 is 0 Å². The Balaban J connectivity index is 0.00000260. The molecule has 0 bridgehead atoms. The summed E-state index contributed by atoms with van der Waals surface area (Å²) >= 11 is 0. The fourth-order valence-corrected chi connectivity index (χ4v) is 5.43. The molecule has 0 fully saturated rings. The first-order chi connectivity index (χ1) is 18.7. The molecule has 0 saturated carbocycles. The Hall–Kier alpha value is -2.66. The molecular weight excluding hydrogens is 482 g/mol. The van der Waals surface area contributed by atoms with Crippen LogP contribution in [0.1, 0.15) is 121 Å². The zero-order chi connectivity index (χ0) is 29.1. The lowest BCUT2D eigenvalue weighted by Crippen LogP contribution is -2.30. The lowest BCUT2D eigenvalue weighted by Gasteiger charge is -2.30. The topological polar surface area (TPSA) is 57.8 Å². The summed E-state index contributed by atoms with van der Waals surface area (Å²) in [5, 5.41) is 10.4. The van der Waals surface area contributed by atoms with Crippen LogP contribution in [0.5, 0.6) is 0 Å². The summed E-state index contributed by atoms with van der Waals surface area (Å²) in [6.07, 6.45) is 7.64. The number of aliphatic hydroxyl groups excluding tert-OH is 1. The maximum absolute atomic E-state index is 13.9. The molecule has 2 aromatic rings. The second-order valence-corrected chi connectivity index (χ2v) is 11.0. The van der Waals surface area contributed by atoms with Crippen molar-refractivity contribution in [2.75, 3.05) is 13.1 Å². The fraction of sp³-hybridized carbons (Fsp3) is 0.588. The van der Waals surface area contributed by atoms with Crippen LogP contribution in [0, 0.1) is 12.8 Å². The fourth-order valence-electron chi connectivity index (χ4n) is 5.43. The highest BCUT2D eigenvalue weighted by Crippen LogP contribution is 2.31. The minimum atomic E-state index is -0.273. The molecule has 1 aromatic carbocycles. The number of benzene rings is 1. The van der Waals surface area contributed by atoms with Crippen LogP contribution in [0.25, 0.3) is 5.69 Å². The molecule has 0 radical (unpaired) electrons. The molecule has 0 saturated heterocycles. The maximum Gasteiger partial charge on any atom is 0.196 e. The van der Waals surface area contributed by atoms with Gasteiger partial charge in [0.2, 0.25) is 0 Å². The summed E-state index contributed by atoms with van der Waals surface area (Å²) < 4.78 is 2.27. The van der Waals surface area contributed by atoms with Crippen LogP contribution in [0.3, 0.4) is 0 Å². The first kappa shape index (κ1) is 32.6. The Morgan fingerprint density at radius 3 is 2.33 bits per heavy atom. The first-order valence-corrected chi connectivity index (χ1v) is 15.2. The first-order valence-electron chi connectivity index (χ1n) is 15.2. The normalized spacial score (nSPS) is 16.6. The number of allylic oxidation sites excluding steroid dienone is 1. The molecule has 0 spiro atoms. The van der Waals surface area contributed by atoms with E-state index in [9.17, 15) is 9.90 Å². The summed E-state index contributed by atoms with van der Waals surface area (Å²) in [6.45, 7) is 21.0. The zero-order valence-corrected chi connectivity index (χ0v) is 26.1. The molecular formula is C34H53N3O2. The molecule has 1 atom stereocenters. The molecule has 0 amide bonds. The number of hydrogen-bond acceptors (Lipinski definition) is 4. The average molecular weight is 536 g/mol. The largest absolute Gasteiger partial charge is 0.391 e. The number of aliphatic imine (C=N–C) groups is 1. The molecule has 0 aliphatic carbocycles. The van der Waals surface area contributed by atoms with Gasteiger partial charge < -0.3 is 14.6 Å². The zero-order valence-electron chi connectivity index (χ0n) is 26.1. The SMILES string of the molecule is CC.CCCN(CCCC(C)C)C1=C(/C)CCc2c(c(=O)c(CO)c(C(C)CC)n2-c2ccccc2C)/C=N\1. The van der Waals surface area contributed by atoms with Crippen LogP contribution < -0.4 is 5.43 Å². The highest BCUT2D eigenvalue weighted by molar-refractivity contribution is 5.83. The third-order valence-electron chi connectivity index (χ3n) is 7.68. The quantitative estimate of drug-likeness (QED) is 0.318. The van der Waals surface area contributed by atoms with Crippen molar-refractivity contribution >= 4 is 6.21 Å². The minimum Gasteiger partial charge on any atom is -0.391 e. The van der Waals surface area contributed by atoms with Gasteiger partial charge in [0, 0.05) is 41.9 Å². The average Bonchev–Trinajstić information content (AvgIpc) is 2.92. The summed E-state index contributed by atoms with van der Waals surface area (Å²) in [7, 11) is 0. The third-order valence-corrected chi connectivity index (χ3v) is 7.68. The van der Waals surface area contributed by atoms with Crippen LogP contribution >= 0.6 is 0 Å². The van der Waals surface area contributed by atoms with E-state index in [0.717, 1.165) is 73.7 Å². The van der Waals surface area contributed by atoms with E-state index in [-0.39, 0.29) is 18.0 Å². The molecule has 1 unspecified atom stereocenters. The number of para-hydroxylation sites is 1. The van der Waals surface area contributed by atoms with Crippen LogP contribution in [-0.4, -0.2) is 33.9 Å². The molecule has 2 heterocycles. The molecule has 1 aromatic heterocycles. The number of aromatic nitrogens is 1. The highest BCUT2D eigenvalue weighted by atomic mass is 16.3. The van der Waals surface area contributed by atoms with Crippen molar-refractivity contribution in [1.29, 1.82) is 0 Å². The van der Waals surface area contributed by atoms with Crippen molar-refractivity contribution in [3.63, 3.8) is 0 Å². The number of aliphatic hydroxyl groups is 1. The van der Waals surface area contributed by atoms with Gasteiger partial charge in [-0.05, 0) is 81.4 Å². The summed E-state index contributed by atoms with van der Waals surface area (Å²) in [4.78, 5) is 21.3. The van der Waals surface area contributed by atoms with Gasteiger partial charge in [-0.15, -0.1) is 0 Å². The van der Waals surface area contributed by atoms with Gasteiger partial charge in [-0.1, -0.05) is 66.7 Å². The molecule has 3 rings (SSSR count). The maximum atomic E-state index is 13.9. The molecule has 5 heteroatoms. The second-order valence-electron chi connectivity index (χ2n) is 11.0. The molecule has 1 aliphatic rings. The van der Waals surface area contributed by atoms with Crippen molar-refractivity contribution in [1.82, 2.24) is 9.47 Å². The second kappa shape index (κ2) is 15.8. The predicted molar refractivity (Wildman–Crippen MR) is 167 cm³/mol. The number of pyridine rings is 1. The summed E-state index contributed by atoms with van der Waals surface area (Å²) in [6, 6.07) is 8.32. The number of nitrogens with zero attached hydrogens (tertiary/aromatic N) is 3. The molecule has 5 nitrogen and oxygen atoms in total. The summed E-state index contributed by atoms with van der Waals surface area (Å²) in [5.41, 5.74) is 6.43. The van der Waals surface area contributed by atoms with Crippen molar-refractivity contribution in [2.45, 2.75) is 113 Å². The monoisotopic (exact) mass is 535 g/mol. The van der Waals surface area contributed by atoms with Crippen molar-refractivity contribution in [3.8, 4) is 5.69 Å². The van der Waals surface area contributed by atoms with E-state index in [0.29, 0.717) is 17.0 Å². The standard InChI is InChI=1S/C32H47N3O2.C2H6/c1-8-18-34(19-12-13-22(3)4)32-25(7)16-17-29-26(20-33-32)31(37)27(21-36)30(23(5)9-2)35(29)28-15-11-10-14-24(28)6;1-2/h10-11,14-15,20,22-23,36H,8-9,12-13,16-19,21H2,1-7H3;1-2H3/b32-25-,33-20-;. The molecule has 1 N–H and O–H groups in total. The Labute approximate surface area is 237 Å². The number of fused-ring (bicyclic) bond motifs is 1. The van der Waals surface area contributed by atoms with Gasteiger partial charge >= 0.3 is 0 Å². The van der Waals surface area contributed by atoms with Gasteiger partial charge in [0.1, 0.15) is 5.82 Å². The number of rotatable bonds is 11. The van der Waals surface area contributed by atoms with Crippen LogP contribution in [-0.2, 0) is 13.0 Å². The lowest BCUT2D eigenvalue weighted by atomic mass is 9.93. The van der Waals surface area contributed by atoms with E-state index < -0.39 is 0 Å². The van der Waals surface area contributed by atoms with Crippen LogP contribution in [0.2, 0.25) is 0 Å².